The minimum atomic E-state index is -1.03. The quantitative estimate of drug-likeness (QED) is 0.663. The zero-order valence-electron chi connectivity index (χ0n) is 16.3. The van der Waals surface area contributed by atoms with E-state index in [4.69, 9.17) is 19.3 Å². The zero-order valence-corrected chi connectivity index (χ0v) is 16.3. The van der Waals surface area contributed by atoms with Crippen LogP contribution in [0.5, 0.6) is 5.75 Å². The Morgan fingerprint density at radius 2 is 1.78 bits per heavy atom. The van der Waals surface area contributed by atoms with Gasteiger partial charge in [0.05, 0.1) is 6.10 Å². The third kappa shape index (κ3) is 6.22. The molecule has 1 aliphatic rings. The molecule has 0 unspecified atom stereocenters. The highest BCUT2D eigenvalue weighted by Crippen LogP contribution is 2.26. The Morgan fingerprint density at radius 3 is 2.33 bits per heavy atom. The maximum atomic E-state index is 12.8. The number of aryl methyl sites for hydroxylation is 2. The molecule has 1 amide bonds. The second kappa shape index (κ2) is 10.3. The molecule has 2 rings (SSSR count). The maximum Gasteiger partial charge on any atom is 0.341 e. The first-order chi connectivity index (χ1) is 12.9. The lowest BCUT2D eigenvalue weighted by atomic mass is 10.0. The lowest BCUT2D eigenvalue weighted by Crippen LogP contribution is -2.41. The molecular formula is C20H29NO6. The van der Waals surface area contributed by atoms with Crippen molar-refractivity contribution in [3.05, 3.63) is 28.8 Å². The first-order valence-electron chi connectivity index (χ1n) is 9.28. The molecule has 0 saturated carbocycles. The van der Waals surface area contributed by atoms with E-state index in [1.807, 2.05) is 18.7 Å². The number of rotatable bonds is 9. The number of aliphatic carboxylic acids is 1. The van der Waals surface area contributed by atoms with Gasteiger partial charge in [-0.25, -0.2) is 4.79 Å². The standard InChI is InChI=1S/C20H29NO6/c1-14-11-16(12-15(2)19(14)27-13-18(22)23)20(24)21-7-5-17(6-8-21)26-10-4-9-25-3/h11-12,17H,4-10,13H2,1-3H3,(H,22,23). The van der Waals surface area contributed by atoms with Gasteiger partial charge in [0.2, 0.25) is 0 Å². The summed E-state index contributed by atoms with van der Waals surface area (Å²) >= 11 is 0. The molecule has 1 N–H and O–H groups in total. The van der Waals surface area contributed by atoms with Crippen LogP contribution in [-0.4, -0.2) is 68.0 Å². The summed E-state index contributed by atoms with van der Waals surface area (Å²) in [7, 11) is 1.68. The number of methoxy groups -OCH3 is 1. The topological polar surface area (TPSA) is 85.3 Å². The molecule has 27 heavy (non-hydrogen) atoms. The molecule has 0 aliphatic carbocycles. The number of carboxylic acid groups (broad SMARTS) is 1. The van der Waals surface area contributed by atoms with Crippen molar-refractivity contribution >= 4 is 11.9 Å². The number of hydrogen-bond acceptors (Lipinski definition) is 5. The van der Waals surface area contributed by atoms with E-state index in [2.05, 4.69) is 0 Å². The van der Waals surface area contributed by atoms with Crippen LogP contribution >= 0.6 is 0 Å². The summed E-state index contributed by atoms with van der Waals surface area (Å²) in [6, 6.07) is 3.53. The smallest absolute Gasteiger partial charge is 0.341 e. The van der Waals surface area contributed by atoms with Crippen LogP contribution in [0, 0.1) is 13.8 Å². The molecule has 0 spiro atoms. The minimum absolute atomic E-state index is 0.0104. The molecule has 7 heteroatoms. The van der Waals surface area contributed by atoms with E-state index in [0.717, 1.165) is 30.4 Å². The van der Waals surface area contributed by atoms with E-state index < -0.39 is 12.6 Å². The van der Waals surface area contributed by atoms with Crippen molar-refractivity contribution in [3.8, 4) is 5.75 Å². The van der Waals surface area contributed by atoms with Gasteiger partial charge in [0.1, 0.15) is 5.75 Å². The van der Waals surface area contributed by atoms with Gasteiger partial charge < -0.3 is 24.2 Å². The highest BCUT2D eigenvalue weighted by atomic mass is 16.5. The average Bonchev–Trinajstić information content (AvgIpc) is 2.64. The van der Waals surface area contributed by atoms with Gasteiger partial charge >= 0.3 is 5.97 Å². The maximum absolute atomic E-state index is 12.8. The first-order valence-corrected chi connectivity index (χ1v) is 9.28. The fraction of sp³-hybridized carbons (Fsp3) is 0.600. The molecule has 7 nitrogen and oxygen atoms in total. The molecule has 0 radical (unpaired) electrons. The Labute approximate surface area is 160 Å². The predicted octanol–water partition coefficient (Wildman–Crippen LogP) is 2.42. The summed E-state index contributed by atoms with van der Waals surface area (Å²) < 4.78 is 16.2. The zero-order chi connectivity index (χ0) is 19.8. The SMILES string of the molecule is COCCCOC1CCN(C(=O)c2cc(C)c(OCC(=O)O)c(C)c2)CC1. The van der Waals surface area contributed by atoms with Crippen LogP contribution in [0.3, 0.4) is 0 Å². The fourth-order valence-electron chi connectivity index (χ4n) is 3.30. The van der Waals surface area contributed by atoms with Gasteiger partial charge in [-0.3, -0.25) is 4.79 Å². The molecule has 1 aromatic rings. The van der Waals surface area contributed by atoms with Crippen LogP contribution in [0.25, 0.3) is 0 Å². The van der Waals surface area contributed by atoms with Crippen molar-refractivity contribution in [2.45, 2.75) is 39.2 Å². The molecule has 150 valence electrons. The summed E-state index contributed by atoms with van der Waals surface area (Å²) in [6.45, 7) is 5.96. The van der Waals surface area contributed by atoms with Gasteiger partial charge in [0.15, 0.2) is 6.61 Å². The van der Waals surface area contributed by atoms with Crippen molar-refractivity contribution < 1.29 is 28.9 Å². The Hall–Kier alpha value is -2.12. The lowest BCUT2D eigenvalue weighted by Gasteiger charge is -2.32. The second-order valence-electron chi connectivity index (χ2n) is 6.83. The summed E-state index contributed by atoms with van der Waals surface area (Å²) in [6.07, 6.45) is 2.73. The Balaban J connectivity index is 1.91. The highest BCUT2D eigenvalue weighted by Gasteiger charge is 2.25. The number of benzene rings is 1. The predicted molar refractivity (Wildman–Crippen MR) is 100 cm³/mol. The molecule has 1 saturated heterocycles. The van der Waals surface area contributed by atoms with E-state index in [9.17, 15) is 9.59 Å². The molecule has 1 heterocycles. The number of carbonyl (C=O) groups is 2. The number of likely N-dealkylation sites (tertiary alicyclic amines) is 1. The van der Waals surface area contributed by atoms with Gasteiger partial charge in [-0.2, -0.15) is 0 Å². The monoisotopic (exact) mass is 379 g/mol. The molecular weight excluding hydrogens is 350 g/mol. The van der Waals surface area contributed by atoms with Crippen LogP contribution in [0.4, 0.5) is 0 Å². The summed E-state index contributed by atoms with van der Waals surface area (Å²) in [4.78, 5) is 25.4. The lowest BCUT2D eigenvalue weighted by molar-refractivity contribution is -0.139. The van der Waals surface area contributed by atoms with Crippen LogP contribution in [-0.2, 0) is 14.3 Å². The number of amides is 1. The van der Waals surface area contributed by atoms with Crippen molar-refractivity contribution in [3.63, 3.8) is 0 Å². The first kappa shape index (κ1) is 21.2. The van der Waals surface area contributed by atoms with E-state index in [1.54, 1.807) is 19.2 Å². The van der Waals surface area contributed by atoms with Crippen molar-refractivity contribution in [1.29, 1.82) is 0 Å². The number of carbonyl (C=O) groups excluding carboxylic acids is 1. The van der Waals surface area contributed by atoms with Crippen LogP contribution in [0.15, 0.2) is 12.1 Å². The number of ether oxygens (including phenoxy) is 3. The molecule has 1 aromatic carbocycles. The number of carboxylic acids is 1. The van der Waals surface area contributed by atoms with Crippen molar-refractivity contribution in [2.75, 3.05) is 40.0 Å². The van der Waals surface area contributed by atoms with E-state index in [-0.39, 0.29) is 12.0 Å². The van der Waals surface area contributed by atoms with Gasteiger partial charge in [0.25, 0.3) is 5.91 Å². The molecule has 0 aromatic heterocycles. The van der Waals surface area contributed by atoms with E-state index in [0.29, 0.717) is 37.6 Å². The number of piperidine rings is 1. The number of hydrogen-bond donors (Lipinski definition) is 1. The van der Waals surface area contributed by atoms with Gasteiger partial charge in [-0.1, -0.05) is 0 Å². The van der Waals surface area contributed by atoms with Gasteiger partial charge in [0, 0.05) is 39.0 Å². The third-order valence-electron chi connectivity index (χ3n) is 4.62. The molecule has 1 fully saturated rings. The van der Waals surface area contributed by atoms with E-state index in [1.165, 1.54) is 0 Å². The van der Waals surface area contributed by atoms with E-state index >= 15 is 0 Å². The Kier molecular flexibility index (Phi) is 8.06. The summed E-state index contributed by atoms with van der Waals surface area (Å²) in [5.74, 6) is -0.512. The molecule has 1 aliphatic heterocycles. The number of nitrogens with zero attached hydrogens (tertiary/aromatic N) is 1. The second-order valence-corrected chi connectivity index (χ2v) is 6.83. The molecule has 0 atom stereocenters. The highest BCUT2D eigenvalue weighted by molar-refractivity contribution is 5.95. The van der Waals surface area contributed by atoms with Gasteiger partial charge in [-0.15, -0.1) is 0 Å². The minimum Gasteiger partial charge on any atom is -0.481 e. The van der Waals surface area contributed by atoms with Crippen molar-refractivity contribution in [2.24, 2.45) is 0 Å². The summed E-state index contributed by atoms with van der Waals surface area (Å²) in [5, 5.41) is 8.77. The normalized spacial score (nSPS) is 15.0. The fourth-order valence-corrected chi connectivity index (χ4v) is 3.30. The Bertz CT molecular complexity index is 629. The van der Waals surface area contributed by atoms with Crippen molar-refractivity contribution in [1.82, 2.24) is 4.90 Å². The van der Waals surface area contributed by atoms with Crippen LogP contribution in [0.2, 0.25) is 0 Å². The van der Waals surface area contributed by atoms with Gasteiger partial charge in [-0.05, 0) is 56.4 Å². The van der Waals surface area contributed by atoms with Crippen LogP contribution in [0.1, 0.15) is 40.7 Å². The third-order valence-corrected chi connectivity index (χ3v) is 4.62. The molecule has 0 bridgehead atoms. The summed E-state index contributed by atoms with van der Waals surface area (Å²) in [5.41, 5.74) is 2.12. The largest absolute Gasteiger partial charge is 0.481 e. The Morgan fingerprint density at radius 1 is 1.15 bits per heavy atom. The average molecular weight is 379 g/mol. The van der Waals surface area contributed by atoms with Crippen LogP contribution < -0.4 is 4.74 Å².